The molecule has 3 rings (SSSR count). The summed E-state index contributed by atoms with van der Waals surface area (Å²) in [6.07, 6.45) is -0.582. The van der Waals surface area contributed by atoms with E-state index < -0.39 is 17.7 Å². The summed E-state index contributed by atoms with van der Waals surface area (Å²) in [6.45, 7) is 3.18. The molecular weight excluding hydrogens is 224 g/mol. The van der Waals surface area contributed by atoms with Crippen molar-refractivity contribution in [2.24, 2.45) is 11.1 Å². The molecule has 90 valence electrons. The first-order valence-corrected chi connectivity index (χ1v) is 5.54. The van der Waals surface area contributed by atoms with Gasteiger partial charge in [0.15, 0.2) is 12.2 Å². The van der Waals surface area contributed by atoms with Crippen LogP contribution in [0.4, 0.5) is 0 Å². The van der Waals surface area contributed by atoms with Crippen LogP contribution in [0, 0.1) is 17.2 Å². The summed E-state index contributed by atoms with van der Waals surface area (Å²) < 4.78 is 10.9. The van der Waals surface area contributed by atoms with Crippen molar-refractivity contribution < 1.29 is 19.1 Å². The zero-order chi connectivity index (χ0) is 12.2. The largest absolute Gasteiger partial charge is 0.441 e. The minimum absolute atomic E-state index is 0.0945. The van der Waals surface area contributed by atoms with Crippen molar-refractivity contribution >= 4 is 11.7 Å². The van der Waals surface area contributed by atoms with Gasteiger partial charge < -0.3 is 14.3 Å². The van der Waals surface area contributed by atoms with Gasteiger partial charge in [0, 0.05) is 13.3 Å². The summed E-state index contributed by atoms with van der Waals surface area (Å²) >= 11 is 0. The number of ether oxygens (including phenoxy) is 2. The maximum absolute atomic E-state index is 11.1. The highest BCUT2D eigenvalue weighted by atomic mass is 16.7. The molecule has 0 aromatic carbocycles. The summed E-state index contributed by atoms with van der Waals surface area (Å²) in [5, 5.41) is 13.2. The van der Waals surface area contributed by atoms with E-state index >= 15 is 0 Å². The van der Waals surface area contributed by atoms with Gasteiger partial charge in [0.25, 0.3) is 0 Å². The maximum atomic E-state index is 11.1. The number of nitrogens with zero attached hydrogens (tertiary/aromatic N) is 2. The number of hydrogen-bond donors (Lipinski definition) is 0. The van der Waals surface area contributed by atoms with Crippen LogP contribution in [-0.4, -0.2) is 35.6 Å². The molecule has 0 N–H and O–H groups in total. The van der Waals surface area contributed by atoms with Gasteiger partial charge in [0.05, 0.1) is 17.7 Å². The molecule has 0 aromatic heterocycles. The Morgan fingerprint density at radius 3 is 3.12 bits per heavy atom. The Hall–Kier alpha value is -1.61. The Kier molecular flexibility index (Phi) is 1.98. The first kappa shape index (κ1) is 10.5. The minimum Gasteiger partial charge on any atom is -0.441 e. The lowest BCUT2D eigenvalue weighted by Gasteiger charge is -2.32. The molecule has 5 atom stereocenters. The van der Waals surface area contributed by atoms with E-state index in [9.17, 15) is 10.1 Å². The summed E-state index contributed by atoms with van der Waals surface area (Å²) in [7, 11) is 0. The molecule has 3 heterocycles. The number of rotatable bonds is 1. The average Bonchev–Trinajstić information content (AvgIpc) is 2.89. The molecule has 6 heteroatoms. The molecule has 0 saturated carbocycles. The van der Waals surface area contributed by atoms with Gasteiger partial charge in [-0.3, -0.25) is 4.79 Å². The molecule has 3 aliphatic heterocycles. The van der Waals surface area contributed by atoms with Crippen LogP contribution in [0.2, 0.25) is 0 Å². The van der Waals surface area contributed by atoms with E-state index in [-0.39, 0.29) is 18.1 Å². The Bertz CT molecular complexity index is 455. The fourth-order valence-electron chi connectivity index (χ4n) is 3.04. The second-order valence-electron chi connectivity index (χ2n) is 4.72. The Morgan fingerprint density at radius 2 is 2.47 bits per heavy atom. The first-order chi connectivity index (χ1) is 8.07. The number of hydrogen-bond acceptors (Lipinski definition) is 6. The summed E-state index contributed by atoms with van der Waals surface area (Å²) in [6, 6.07) is 2.07. The number of nitriles is 1. The predicted octanol–water partition coefficient (Wildman–Crippen LogP) is 0.374. The van der Waals surface area contributed by atoms with Crippen LogP contribution in [0.3, 0.4) is 0 Å². The summed E-state index contributed by atoms with van der Waals surface area (Å²) in [4.78, 5) is 16.4. The molecule has 0 aromatic rings. The third kappa shape index (κ3) is 1.23. The lowest BCUT2D eigenvalue weighted by Crippen LogP contribution is -2.52. The third-order valence-corrected chi connectivity index (χ3v) is 3.65. The Labute approximate surface area is 98.1 Å². The molecule has 2 saturated heterocycles. The number of carbonyl (C=O) groups is 1. The van der Waals surface area contributed by atoms with E-state index in [1.54, 1.807) is 0 Å². The highest BCUT2D eigenvalue weighted by Gasteiger charge is 2.68. The van der Waals surface area contributed by atoms with E-state index in [4.69, 9.17) is 14.3 Å². The zero-order valence-corrected chi connectivity index (χ0v) is 9.54. The third-order valence-electron chi connectivity index (χ3n) is 3.65. The van der Waals surface area contributed by atoms with Gasteiger partial charge in [-0.15, -0.1) is 0 Å². The molecule has 0 unspecified atom stereocenters. The van der Waals surface area contributed by atoms with Crippen LogP contribution in [0.1, 0.15) is 20.3 Å². The van der Waals surface area contributed by atoms with Gasteiger partial charge >= 0.3 is 5.97 Å². The second kappa shape index (κ2) is 3.20. The van der Waals surface area contributed by atoms with E-state index in [0.29, 0.717) is 6.42 Å². The van der Waals surface area contributed by atoms with Crippen molar-refractivity contribution in [1.29, 1.82) is 5.26 Å². The Morgan fingerprint density at radius 1 is 1.71 bits per heavy atom. The number of oxime groups is 1. The van der Waals surface area contributed by atoms with E-state index in [0.717, 1.165) is 5.71 Å². The van der Waals surface area contributed by atoms with E-state index in [1.165, 1.54) is 6.92 Å². The van der Waals surface area contributed by atoms with Crippen LogP contribution < -0.4 is 0 Å². The monoisotopic (exact) mass is 236 g/mol. The van der Waals surface area contributed by atoms with Crippen LogP contribution >= 0.6 is 0 Å². The van der Waals surface area contributed by atoms with Crippen LogP contribution in [-0.2, 0) is 19.1 Å². The number of carbonyl (C=O) groups excluding carboxylic acids is 1. The van der Waals surface area contributed by atoms with Gasteiger partial charge in [-0.2, -0.15) is 5.26 Å². The van der Waals surface area contributed by atoms with Crippen LogP contribution in [0.25, 0.3) is 0 Å². The quantitative estimate of drug-likeness (QED) is 0.614. The molecule has 6 nitrogen and oxygen atoms in total. The molecule has 17 heavy (non-hydrogen) atoms. The van der Waals surface area contributed by atoms with Crippen molar-refractivity contribution in [2.45, 2.75) is 44.2 Å². The molecule has 0 amide bonds. The van der Waals surface area contributed by atoms with Crippen molar-refractivity contribution in [2.75, 3.05) is 0 Å². The van der Waals surface area contributed by atoms with Gasteiger partial charge in [0.2, 0.25) is 5.60 Å². The molecule has 2 fully saturated rings. The molecule has 2 bridgehead atoms. The molecule has 0 radical (unpaired) electrons. The smallest absolute Gasteiger partial charge is 0.304 e. The number of fused-ring (bicyclic) bond motifs is 5. The summed E-state index contributed by atoms with van der Waals surface area (Å²) in [5.74, 6) is -0.382. The van der Waals surface area contributed by atoms with Gasteiger partial charge in [-0.05, 0) is 6.92 Å². The van der Waals surface area contributed by atoms with Gasteiger partial charge in [-0.1, -0.05) is 5.16 Å². The molecule has 3 aliphatic rings. The minimum atomic E-state index is -1.21. The summed E-state index contributed by atoms with van der Waals surface area (Å²) in [5.41, 5.74) is -0.325. The maximum Gasteiger partial charge on any atom is 0.304 e. The lowest BCUT2D eigenvalue weighted by molar-refractivity contribution is -0.161. The van der Waals surface area contributed by atoms with Crippen molar-refractivity contribution in [3.63, 3.8) is 0 Å². The SMILES string of the molecule is CC(=O)O[C@@]1(C#N)C[C@@H]2O[C@H]1[C@H]1ON=C(C)[C@H]12. The van der Waals surface area contributed by atoms with Gasteiger partial charge in [-0.25, -0.2) is 0 Å². The second-order valence-corrected chi connectivity index (χ2v) is 4.72. The fourth-order valence-corrected chi connectivity index (χ4v) is 3.04. The fraction of sp³-hybridized carbons (Fsp3) is 0.727. The van der Waals surface area contributed by atoms with Crippen LogP contribution in [0.15, 0.2) is 5.16 Å². The molecule has 0 aliphatic carbocycles. The van der Waals surface area contributed by atoms with Gasteiger partial charge in [0.1, 0.15) is 6.07 Å². The Balaban J connectivity index is 1.91. The predicted molar refractivity (Wildman–Crippen MR) is 54.9 cm³/mol. The van der Waals surface area contributed by atoms with Crippen molar-refractivity contribution in [3.05, 3.63) is 0 Å². The highest BCUT2D eigenvalue weighted by molar-refractivity contribution is 5.87. The number of esters is 1. The zero-order valence-electron chi connectivity index (χ0n) is 9.54. The lowest BCUT2D eigenvalue weighted by atomic mass is 9.76. The van der Waals surface area contributed by atoms with Crippen LogP contribution in [0.5, 0.6) is 0 Å². The highest BCUT2D eigenvalue weighted by Crippen LogP contribution is 2.50. The normalized spacial score (nSPS) is 45.8. The first-order valence-electron chi connectivity index (χ1n) is 5.54. The average molecular weight is 236 g/mol. The van der Waals surface area contributed by atoms with Crippen molar-refractivity contribution in [1.82, 2.24) is 0 Å². The van der Waals surface area contributed by atoms with Crippen molar-refractivity contribution in [3.8, 4) is 6.07 Å². The van der Waals surface area contributed by atoms with E-state index in [1.807, 2.05) is 6.92 Å². The standard InChI is InChI=1S/C11H12N2O4/c1-5-8-7-3-11(4-12,16-6(2)14)10(15-7)9(8)17-13-5/h7-10H,3H2,1-2H3/t7-,8-,9-,10-,11+/m0/s1. The molecular formula is C11H12N2O4. The topological polar surface area (TPSA) is 80.9 Å². The van der Waals surface area contributed by atoms with E-state index in [2.05, 4.69) is 11.2 Å². The molecule has 0 spiro atoms.